The van der Waals surface area contributed by atoms with E-state index in [4.69, 9.17) is 0 Å². The Labute approximate surface area is 137 Å². The minimum atomic E-state index is -1.39. The van der Waals surface area contributed by atoms with Crippen LogP contribution in [0, 0.1) is 11.6 Å². The van der Waals surface area contributed by atoms with Crippen molar-refractivity contribution in [2.75, 3.05) is 0 Å². The van der Waals surface area contributed by atoms with Crippen LogP contribution in [0.25, 0.3) is 0 Å². The highest BCUT2D eigenvalue weighted by Gasteiger charge is 2.17. The average molecular weight is 338 g/mol. The molecule has 1 fully saturated rings. The lowest BCUT2D eigenvalue weighted by Gasteiger charge is -2.21. The molecule has 0 aliphatic heterocycles. The monoisotopic (exact) mass is 338 g/mol. The van der Waals surface area contributed by atoms with Crippen LogP contribution in [-0.4, -0.2) is 14.0 Å². The van der Waals surface area contributed by atoms with E-state index < -0.39 is 22.4 Å². The highest BCUT2D eigenvalue weighted by Crippen LogP contribution is 2.27. The van der Waals surface area contributed by atoms with E-state index in [9.17, 15) is 13.0 Å². The summed E-state index contributed by atoms with van der Waals surface area (Å²) in [6.45, 7) is 0. The van der Waals surface area contributed by atoms with Crippen molar-refractivity contribution in [1.82, 2.24) is 9.78 Å². The maximum absolute atomic E-state index is 13.6. The van der Waals surface area contributed by atoms with Crippen LogP contribution in [0.2, 0.25) is 0 Å². The number of nitrogens with zero attached hydrogens (tertiary/aromatic N) is 2. The third-order valence-corrected chi connectivity index (χ3v) is 5.52. The molecule has 3 nitrogen and oxygen atoms in total. The lowest BCUT2D eigenvalue weighted by molar-refractivity contribution is 0.328. The van der Waals surface area contributed by atoms with Gasteiger partial charge in [0.25, 0.3) is 0 Å². The topological polar surface area (TPSA) is 34.9 Å². The van der Waals surface area contributed by atoms with Gasteiger partial charge in [-0.25, -0.2) is 8.78 Å². The third-order valence-electron chi connectivity index (χ3n) is 4.29. The van der Waals surface area contributed by atoms with E-state index in [0.29, 0.717) is 11.7 Å². The maximum Gasteiger partial charge on any atom is 0.130 e. The van der Waals surface area contributed by atoms with Gasteiger partial charge in [-0.3, -0.25) is 8.89 Å². The molecule has 1 atom stereocenters. The fourth-order valence-corrected chi connectivity index (χ4v) is 4.23. The largest absolute Gasteiger partial charge is 0.269 e. The normalized spacial score (nSPS) is 17.3. The Morgan fingerprint density at radius 3 is 2.48 bits per heavy atom. The molecule has 1 saturated carbocycles. The molecule has 0 N–H and O–H groups in total. The van der Waals surface area contributed by atoms with Crippen LogP contribution in [-0.2, 0) is 22.3 Å². The van der Waals surface area contributed by atoms with Crippen LogP contribution < -0.4 is 0 Å². The first-order valence-corrected chi connectivity index (χ1v) is 9.44. The smallest absolute Gasteiger partial charge is 0.130 e. The van der Waals surface area contributed by atoms with Crippen molar-refractivity contribution < 1.29 is 13.0 Å². The number of benzene rings is 1. The van der Waals surface area contributed by atoms with Crippen LogP contribution in [0.5, 0.6) is 0 Å². The summed E-state index contributed by atoms with van der Waals surface area (Å²) in [5.74, 6) is -1.21. The van der Waals surface area contributed by atoms with Crippen molar-refractivity contribution >= 4 is 10.8 Å². The van der Waals surface area contributed by atoms with E-state index in [0.717, 1.165) is 12.8 Å². The van der Waals surface area contributed by atoms with E-state index in [-0.39, 0.29) is 17.1 Å². The van der Waals surface area contributed by atoms with Gasteiger partial charge in [-0.1, -0.05) is 25.3 Å². The van der Waals surface area contributed by atoms with Gasteiger partial charge in [0.2, 0.25) is 0 Å². The summed E-state index contributed by atoms with van der Waals surface area (Å²) in [5, 5.41) is 4.50. The molecule has 0 bridgehead atoms. The van der Waals surface area contributed by atoms with Crippen molar-refractivity contribution in [3.05, 3.63) is 53.4 Å². The van der Waals surface area contributed by atoms with Gasteiger partial charge >= 0.3 is 0 Å². The molecular formula is C17H20F2N2OS. The van der Waals surface area contributed by atoms with E-state index >= 15 is 0 Å². The van der Waals surface area contributed by atoms with Crippen LogP contribution in [0.4, 0.5) is 8.78 Å². The summed E-state index contributed by atoms with van der Waals surface area (Å²) >= 11 is 0. The van der Waals surface area contributed by atoms with Crippen LogP contribution in [0.3, 0.4) is 0 Å². The second-order valence-electron chi connectivity index (χ2n) is 6.01. The predicted octanol–water partition coefficient (Wildman–Crippen LogP) is 4.12. The molecule has 124 valence electrons. The minimum absolute atomic E-state index is 0.113. The number of aromatic nitrogens is 2. The molecule has 0 amide bonds. The van der Waals surface area contributed by atoms with E-state index in [1.165, 1.54) is 37.5 Å². The molecule has 1 unspecified atom stereocenters. The summed E-state index contributed by atoms with van der Waals surface area (Å²) < 4.78 is 41.4. The summed E-state index contributed by atoms with van der Waals surface area (Å²) in [7, 11) is -1.39. The van der Waals surface area contributed by atoms with Crippen molar-refractivity contribution in [3.8, 4) is 0 Å². The lowest BCUT2D eigenvalue weighted by Crippen LogP contribution is -2.13. The first kappa shape index (κ1) is 16.3. The Morgan fingerprint density at radius 1 is 1.09 bits per heavy atom. The molecule has 0 radical (unpaired) electrons. The van der Waals surface area contributed by atoms with E-state index in [1.54, 1.807) is 0 Å². The zero-order valence-corrected chi connectivity index (χ0v) is 13.7. The first-order valence-electron chi connectivity index (χ1n) is 7.95. The van der Waals surface area contributed by atoms with Crippen molar-refractivity contribution in [2.45, 2.75) is 49.7 Å². The zero-order chi connectivity index (χ0) is 16.2. The highest BCUT2D eigenvalue weighted by molar-refractivity contribution is 7.83. The van der Waals surface area contributed by atoms with Crippen molar-refractivity contribution in [2.24, 2.45) is 0 Å². The quantitative estimate of drug-likeness (QED) is 0.822. The van der Waals surface area contributed by atoms with Gasteiger partial charge in [0, 0.05) is 22.6 Å². The average Bonchev–Trinajstić information content (AvgIpc) is 3.00. The minimum Gasteiger partial charge on any atom is -0.269 e. The van der Waals surface area contributed by atoms with Gasteiger partial charge in [0.05, 0.1) is 23.2 Å². The Morgan fingerprint density at radius 2 is 1.78 bits per heavy atom. The number of hydrogen-bond donors (Lipinski definition) is 0. The highest BCUT2D eigenvalue weighted by atomic mass is 32.2. The summed E-state index contributed by atoms with van der Waals surface area (Å²) in [6.07, 6.45) is 7.90. The predicted molar refractivity (Wildman–Crippen MR) is 86.3 cm³/mol. The molecule has 1 aromatic carbocycles. The van der Waals surface area contributed by atoms with Crippen molar-refractivity contribution in [1.29, 1.82) is 0 Å². The van der Waals surface area contributed by atoms with Gasteiger partial charge in [-0.2, -0.15) is 5.10 Å². The molecule has 2 aromatic rings. The fraction of sp³-hybridized carbons (Fsp3) is 0.471. The Hall–Kier alpha value is -1.56. The number of rotatable bonds is 5. The standard InChI is InChI=1S/C17H20F2N2OS/c18-16-7-4-8-17(19)15(16)12-23(22)11-13-9-10-21(20-13)14-5-2-1-3-6-14/h4,7-10,14H,1-3,5-6,11-12H2. The Kier molecular flexibility index (Phi) is 5.20. The van der Waals surface area contributed by atoms with Crippen molar-refractivity contribution in [3.63, 3.8) is 0 Å². The van der Waals surface area contributed by atoms with Crippen LogP contribution >= 0.6 is 0 Å². The molecule has 0 saturated heterocycles. The third kappa shape index (κ3) is 4.05. The second-order valence-corrected chi connectivity index (χ2v) is 7.46. The summed E-state index contributed by atoms with van der Waals surface area (Å²) in [6, 6.07) is 5.96. The SMILES string of the molecule is O=S(Cc1ccn(C2CCCCC2)n1)Cc1c(F)cccc1F. The number of hydrogen-bond acceptors (Lipinski definition) is 2. The molecule has 3 rings (SSSR count). The number of halogens is 2. The van der Waals surface area contributed by atoms with Gasteiger partial charge in [-0.15, -0.1) is 0 Å². The van der Waals surface area contributed by atoms with Crippen LogP contribution in [0.1, 0.15) is 49.4 Å². The van der Waals surface area contributed by atoms with Gasteiger partial charge < -0.3 is 0 Å². The molecule has 1 aromatic heterocycles. The molecule has 0 spiro atoms. The van der Waals surface area contributed by atoms with Crippen LogP contribution in [0.15, 0.2) is 30.5 Å². The van der Waals surface area contributed by atoms with Gasteiger partial charge in [0.15, 0.2) is 0 Å². The molecular weight excluding hydrogens is 318 g/mol. The summed E-state index contributed by atoms with van der Waals surface area (Å²) in [4.78, 5) is 0. The molecule has 1 heterocycles. The molecule has 1 aliphatic rings. The maximum atomic E-state index is 13.6. The Balaban J connectivity index is 1.63. The second kappa shape index (κ2) is 7.34. The van der Waals surface area contributed by atoms with Gasteiger partial charge in [-0.05, 0) is 31.0 Å². The fourth-order valence-electron chi connectivity index (χ4n) is 3.05. The Bertz CT molecular complexity index is 675. The first-order chi connectivity index (χ1) is 11.1. The van der Waals surface area contributed by atoms with Gasteiger partial charge in [0.1, 0.15) is 11.6 Å². The summed E-state index contributed by atoms with van der Waals surface area (Å²) in [5.41, 5.74) is 0.600. The van der Waals surface area contributed by atoms with E-state index in [2.05, 4.69) is 5.10 Å². The zero-order valence-electron chi connectivity index (χ0n) is 12.9. The van der Waals surface area contributed by atoms with E-state index in [1.807, 2.05) is 16.9 Å². The molecule has 6 heteroatoms. The molecule has 1 aliphatic carbocycles. The lowest BCUT2D eigenvalue weighted by atomic mass is 9.96. The molecule has 23 heavy (non-hydrogen) atoms.